The van der Waals surface area contributed by atoms with E-state index in [-0.39, 0.29) is 11.3 Å². The molecular formula is C25H34N2O4. The fourth-order valence-electron chi connectivity index (χ4n) is 3.36. The topological polar surface area (TPSA) is 88.5 Å². The molecule has 0 saturated carbocycles. The highest BCUT2D eigenvalue weighted by Crippen LogP contribution is 2.18. The van der Waals surface area contributed by atoms with Gasteiger partial charge in [-0.1, -0.05) is 64.7 Å². The van der Waals surface area contributed by atoms with Gasteiger partial charge in [-0.25, -0.2) is 4.79 Å². The Hall–Kier alpha value is -2.89. The first-order valence-corrected chi connectivity index (χ1v) is 11.3. The molecule has 2 N–H and O–H groups in total. The first kappa shape index (κ1) is 24.4. The molecule has 0 aliphatic rings. The van der Waals surface area contributed by atoms with Crippen molar-refractivity contribution in [2.75, 3.05) is 11.9 Å². The molecule has 0 aliphatic heterocycles. The number of benzene rings is 1. The van der Waals surface area contributed by atoms with E-state index < -0.39 is 11.9 Å². The Morgan fingerprint density at radius 2 is 1.52 bits per heavy atom. The van der Waals surface area contributed by atoms with E-state index in [0.717, 1.165) is 12.2 Å². The lowest BCUT2D eigenvalue weighted by molar-refractivity contribution is 0.0691. The summed E-state index contributed by atoms with van der Waals surface area (Å²) in [5.74, 6) is -0.996. The summed E-state index contributed by atoms with van der Waals surface area (Å²) in [5.41, 5.74) is 0.311. The van der Waals surface area contributed by atoms with Crippen LogP contribution in [0.15, 0.2) is 42.6 Å². The molecule has 0 fully saturated rings. The van der Waals surface area contributed by atoms with Crippen molar-refractivity contribution < 1.29 is 19.4 Å². The van der Waals surface area contributed by atoms with Gasteiger partial charge in [0.2, 0.25) is 0 Å². The minimum atomic E-state index is -1.19. The predicted molar refractivity (Wildman–Crippen MR) is 123 cm³/mol. The number of amides is 1. The van der Waals surface area contributed by atoms with E-state index >= 15 is 0 Å². The van der Waals surface area contributed by atoms with Crippen LogP contribution in [0, 0.1) is 0 Å². The lowest BCUT2D eigenvalue weighted by Gasteiger charge is -2.09. The predicted octanol–water partition coefficient (Wildman–Crippen LogP) is 6.33. The Kier molecular flexibility index (Phi) is 11.1. The van der Waals surface area contributed by atoms with E-state index in [1.807, 2.05) is 0 Å². The fraction of sp³-hybridized carbons (Fsp3) is 0.480. The van der Waals surface area contributed by atoms with Crippen molar-refractivity contribution in [3.05, 3.63) is 53.9 Å². The van der Waals surface area contributed by atoms with Gasteiger partial charge in [0, 0.05) is 11.9 Å². The van der Waals surface area contributed by atoms with Crippen molar-refractivity contribution >= 4 is 17.6 Å². The molecule has 0 atom stereocenters. The molecule has 1 aromatic carbocycles. The number of carboxylic acid groups (broad SMARTS) is 1. The number of pyridine rings is 1. The number of carboxylic acids is 1. The molecule has 6 nitrogen and oxygen atoms in total. The van der Waals surface area contributed by atoms with E-state index in [1.165, 1.54) is 76.1 Å². The molecule has 1 amide bonds. The molecule has 1 aromatic heterocycles. The first-order valence-electron chi connectivity index (χ1n) is 11.3. The molecule has 0 saturated heterocycles. The molecule has 6 heteroatoms. The van der Waals surface area contributed by atoms with E-state index in [0.29, 0.717) is 12.3 Å². The molecule has 0 bridgehead atoms. The van der Waals surface area contributed by atoms with Crippen LogP contribution in [0.2, 0.25) is 0 Å². The molecule has 1 heterocycles. The van der Waals surface area contributed by atoms with Crippen molar-refractivity contribution in [1.29, 1.82) is 0 Å². The average Bonchev–Trinajstić information content (AvgIpc) is 2.78. The zero-order valence-corrected chi connectivity index (χ0v) is 18.4. The van der Waals surface area contributed by atoms with Crippen molar-refractivity contribution in [3.63, 3.8) is 0 Å². The van der Waals surface area contributed by atoms with Gasteiger partial charge >= 0.3 is 5.97 Å². The van der Waals surface area contributed by atoms with Gasteiger partial charge in [0.25, 0.3) is 5.91 Å². The average molecular weight is 427 g/mol. The minimum absolute atomic E-state index is 0.115. The van der Waals surface area contributed by atoms with Crippen LogP contribution in [0.1, 0.15) is 92.0 Å². The van der Waals surface area contributed by atoms with Crippen molar-refractivity contribution in [3.8, 4) is 5.75 Å². The third-order valence-electron chi connectivity index (χ3n) is 5.13. The standard InChI is InChI=1S/C25H34N2O4/c1-2-3-4-5-6-7-8-9-10-11-19-31-21-16-14-20(15-17-21)27-24(28)23-22(25(29)30)13-12-18-26-23/h12-18H,2-11,19H2,1H3,(H,27,28)(H,29,30). The summed E-state index contributed by atoms with van der Waals surface area (Å²) in [4.78, 5) is 27.5. The van der Waals surface area contributed by atoms with E-state index in [9.17, 15) is 14.7 Å². The number of aromatic nitrogens is 1. The number of hydrogen-bond acceptors (Lipinski definition) is 4. The van der Waals surface area contributed by atoms with Crippen LogP contribution in [0.25, 0.3) is 0 Å². The Morgan fingerprint density at radius 3 is 2.13 bits per heavy atom. The van der Waals surface area contributed by atoms with Crippen LogP contribution in [0.3, 0.4) is 0 Å². The number of unbranched alkanes of at least 4 members (excludes halogenated alkanes) is 9. The molecule has 0 aliphatic carbocycles. The number of nitrogens with one attached hydrogen (secondary N) is 1. The minimum Gasteiger partial charge on any atom is -0.494 e. The summed E-state index contributed by atoms with van der Waals surface area (Å²) in [6, 6.07) is 9.89. The van der Waals surface area contributed by atoms with Gasteiger partial charge in [-0.05, 0) is 42.8 Å². The van der Waals surface area contributed by atoms with Gasteiger partial charge < -0.3 is 15.2 Å². The Labute approximate surface area is 185 Å². The normalized spacial score (nSPS) is 10.6. The monoisotopic (exact) mass is 426 g/mol. The lowest BCUT2D eigenvalue weighted by atomic mass is 10.1. The summed E-state index contributed by atoms with van der Waals surface area (Å²) in [5, 5.41) is 11.9. The second kappa shape index (κ2) is 14.2. The number of carbonyl (C=O) groups is 2. The summed E-state index contributed by atoms with van der Waals surface area (Å²) in [6.45, 7) is 2.93. The third-order valence-corrected chi connectivity index (χ3v) is 5.13. The lowest BCUT2D eigenvalue weighted by Crippen LogP contribution is -2.18. The van der Waals surface area contributed by atoms with Crippen LogP contribution in [0.5, 0.6) is 5.75 Å². The molecular weight excluding hydrogens is 392 g/mol. The highest BCUT2D eigenvalue weighted by Gasteiger charge is 2.17. The van der Waals surface area contributed by atoms with Gasteiger partial charge in [0.05, 0.1) is 12.2 Å². The van der Waals surface area contributed by atoms with Gasteiger partial charge in [0.1, 0.15) is 11.4 Å². The van der Waals surface area contributed by atoms with Crippen molar-refractivity contribution in [1.82, 2.24) is 4.98 Å². The zero-order valence-electron chi connectivity index (χ0n) is 18.4. The molecule has 168 valence electrons. The molecule has 2 rings (SSSR count). The van der Waals surface area contributed by atoms with Gasteiger partial charge in [0.15, 0.2) is 0 Å². The maximum atomic E-state index is 12.3. The maximum absolute atomic E-state index is 12.3. The van der Waals surface area contributed by atoms with Crippen molar-refractivity contribution in [2.24, 2.45) is 0 Å². The third kappa shape index (κ3) is 9.20. The van der Waals surface area contributed by atoms with Crippen molar-refractivity contribution in [2.45, 2.75) is 71.1 Å². The SMILES string of the molecule is CCCCCCCCCCCCOc1ccc(NC(=O)c2ncccc2C(=O)O)cc1. The number of rotatable bonds is 15. The van der Waals surface area contributed by atoms with Gasteiger partial charge in [-0.2, -0.15) is 0 Å². The highest BCUT2D eigenvalue weighted by atomic mass is 16.5. The first-order chi connectivity index (χ1) is 15.1. The van der Waals surface area contributed by atoms with Gasteiger partial charge in [-0.15, -0.1) is 0 Å². The fourth-order valence-corrected chi connectivity index (χ4v) is 3.36. The number of carbonyl (C=O) groups excluding carboxylic acids is 1. The summed E-state index contributed by atoms with van der Waals surface area (Å²) >= 11 is 0. The van der Waals surface area contributed by atoms with E-state index in [2.05, 4.69) is 17.2 Å². The van der Waals surface area contributed by atoms with E-state index in [4.69, 9.17) is 4.74 Å². The zero-order chi connectivity index (χ0) is 22.3. The second-order valence-corrected chi connectivity index (χ2v) is 7.71. The molecule has 31 heavy (non-hydrogen) atoms. The molecule has 0 unspecified atom stereocenters. The van der Waals surface area contributed by atoms with Crippen LogP contribution < -0.4 is 10.1 Å². The number of anilines is 1. The van der Waals surface area contributed by atoms with Crippen LogP contribution in [0.4, 0.5) is 5.69 Å². The smallest absolute Gasteiger partial charge is 0.338 e. The highest BCUT2D eigenvalue weighted by molar-refractivity contribution is 6.09. The largest absolute Gasteiger partial charge is 0.494 e. The maximum Gasteiger partial charge on any atom is 0.338 e. The Balaban J connectivity index is 1.64. The Bertz CT molecular complexity index is 805. The van der Waals surface area contributed by atoms with Crippen LogP contribution in [-0.4, -0.2) is 28.6 Å². The number of ether oxygens (including phenoxy) is 1. The number of aromatic carboxylic acids is 1. The number of hydrogen-bond donors (Lipinski definition) is 2. The summed E-state index contributed by atoms with van der Waals surface area (Å²) < 4.78 is 5.77. The van der Waals surface area contributed by atoms with Gasteiger partial charge in [-0.3, -0.25) is 9.78 Å². The Morgan fingerprint density at radius 1 is 0.903 bits per heavy atom. The van der Waals surface area contributed by atoms with E-state index in [1.54, 1.807) is 24.3 Å². The summed E-state index contributed by atoms with van der Waals surface area (Å²) in [7, 11) is 0. The molecule has 0 radical (unpaired) electrons. The quantitative estimate of drug-likeness (QED) is 0.325. The van der Waals surface area contributed by atoms with Crippen LogP contribution >= 0.6 is 0 Å². The summed E-state index contributed by atoms with van der Waals surface area (Å²) in [6.07, 6.45) is 14.3. The van der Waals surface area contributed by atoms with Crippen LogP contribution in [-0.2, 0) is 0 Å². The number of nitrogens with zero attached hydrogens (tertiary/aromatic N) is 1. The molecule has 2 aromatic rings. The molecule has 0 spiro atoms. The second-order valence-electron chi connectivity index (χ2n) is 7.71.